The van der Waals surface area contributed by atoms with Gasteiger partial charge in [-0.2, -0.15) is 0 Å². The Hall–Kier alpha value is -2.85. The van der Waals surface area contributed by atoms with Crippen molar-refractivity contribution >= 4 is 39.1 Å². The highest BCUT2D eigenvalue weighted by Gasteiger charge is 2.13. The second kappa shape index (κ2) is 9.31. The van der Waals surface area contributed by atoms with Gasteiger partial charge in [0.25, 0.3) is 5.22 Å². The topological polar surface area (TPSA) is 114 Å². The number of anilines is 2. The lowest BCUT2D eigenvalue weighted by Gasteiger charge is -2.06. The lowest BCUT2D eigenvalue weighted by atomic mass is 10.1. The number of carbonyl (C=O) groups excluding carboxylic acids is 1. The van der Waals surface area contributed by atoms with E-state index in [0.29, 0.717) is 11.3 Å². The lowest BCUT2D eigenvalue weighted by molar-refractivity contribution is -0.113. The van der Waals surface area contributed by atoms with E-state index in [1.54, 1.807) is 31.2 Å². The van der Waals surface area contributed by atoms with E-state index in [-0.39, 0.29) is 28.5 Å². The first-order chi connectivity index (χ1) is 14.3. The summed E-state index contributed by atoms with van der Waals surface area (Å²) in [7, 11) is -3.33. The van der Waals surface area contributed by atoms with E-state index in [1.165, 1.54) is 0 Å². The zero-order chi connectivity index (χ0) is 21.7. The summed E-state index contributed by atoms with van der Waals surface area (Å²) in [4.78, 5) is 12.2. The summed E-state index contributed by atoms with van der Waals surface area (Å²) < 4.78 is 31.3. The van der Waals surface area contributed by atoms with Crippen LogP contribution in [-0.4, -0.2) is 36.0 Å². The first-order valence-electron chi connectivity index (χ1n) is 9.20. The molecule has 0 fully saturated rings. The van der Waals surface area contributed by atoms with Crippen LogP contribution >= 0.6 is 11.8 Å². The Morgan fingerprint density at radius 2 is 1.73 bits per heavy atom. The molecule has 0 saturated carbocycles. The van der Waals surface area contributed by atoms with Crippen LogP contribution in [0.1, 0.15) is 18.1 Å². The Morgan fingerprint density at radius 3 is 2.40 bits per heavy atom. The van der Waals surface area contributed by atoms with Gasteiger partial charge in [0.15, 0.2) is 0 Å². The number of rotatable bonds is 8. The van der Waals surface area contributed by atoms with Gasteiger partial charge in [0.05, 0.1) is 11.5 Å². The van der Waals surface area contributed by atoms with Crippen molar-refractivity contribution in [3.05, 3.63) is 53.6 Å². The fraction of sp³-hybridized carbons (Fsp3) is 0.250. The molecule has 1 aromatic heterocycles. The maximum absolute atomic E-state index is 12.2. The van der Waals surface area contributed by atoms with Crippen molar-refractivity contribution in [2.45, 2.75) is 26.0 Å². The molecule has 0 aliphatic rings. The molecule has 8 nitrogen and oxygen atoms in total. The van der Waals surface area contributed by atoms with Crippen molar-refractivity contribution in [1.29, 1.82) is 0 Å². The molecule has 158 valence electrons. The fourth-order valence-electron chi connectivity index (χ4n) is 2.46. The number of sulfonamides is 1. The molecule has 0 radical (unpaired) electrons. The lowest BCUT2D eigenvalue weighted by Crippen LogP contribution is -2.14. The zero-order valence-corrected chi connectivity index (χ0v) is 18.4. The van der Waals surface area contributed by atoms with Crippen molar-refractivity contribution in [2.24, 2.45) is 0 Å². The van der Waals surface area contributed by atoms with Crippen LogP contribution in [0.4, 0.5) is 11.4 Å². The second-order valence-electron chi connectivity index (χ2n) is 6.59. The van der Waals surface area contributed by atoms with E-state index in [0.717, 1.165) is 28.6 Å². The van der Waals surface area contributed by atoms with Gasteiger partial charge in [-0.1, -0.05) is 17.8 Å². The van der Waals surface area contributed by atoms with Gasteiger partial charge >= 0.3 is 0 Å². The highest BCUT2D eigenvalue weighted by Crippen LogP contribution is 2.25. The number of nitrogens with zero attached hydrogens (tertiary/aromatic N) is 2. The number of hydrogen-bond donors (Lipinski definition) is 2. The summed E-state index contributed by atoms with van der Waals surface area (Å²) in [5.74, 6) is 0.245. The number of aromatic nitrogens is 2. The second-order valence-corrected chi connectivity index (χ2v) is 9.53. The average Bonchev–Trinajstić information content (AvgIpc) is 3.19. The molecule has 3 rings (SSSR count). The third kappa shape index (κ3) is 5.83. The van der Waals surface area contributed by atoms with Crippen LogP contribution in [0.5, 0.6) is 0 Å². The highest BCUT2D eigenvalue weighted by atomic mass is 32.2. The van der Waals surface area contributed by atoms with Gasteiger partial charge in [0.2, 0.25) is 21.8 Å². The molecule has 3 aromatic rings. The summed E-state index contributed by atoms with van der Waals surface area (Å²) in [6, 6.07) is 12.4. The molecule has 0 saturated heterocycles. The van der Waals surface area contributed by atoms with Crippen molar-refractivity contribution in [3.63, 3.8) is 0 Å². The number of benzene rings is 2. The van der Waals surface area contributed by atoms with E-state index in [4.69, 9.17) is 4.42 Å². The number of hydrogen-bond acceptors (Lipinski definition) is 7. The minimum Gasteiger partial charge on any atom is -0.411 e. The predicted molar refractivity (Wildman–Crippen MR) is 118 cm³/mol. The normalized spacial score (nSPS) is 11.3. The SMILES string of the molecule is CCS(=O)(=O)Nc1ccc(-c2nnc(SCC(=O)Nc3ccc(C)c(C)c3)o2)cc1. The van der Waals surface area contributed by atoms with E-state index in [1.807, 2.05) is 32.0 Å². The number of carbonyl (C=O) groups is 1. The number of aryl methyl sites for hydroxylation is 2. The summed E-state index contributed by atoms with van der Waals surface area (Å²) in [6.45, 7) is 5.57. The molecule has 0 unspecified atom stereocenters. The van der Waals surface area contributed by atoms with Crippen LogP contribution in [0, 0.1) is 13.8 Å². The molecule has 2 N–H and O–H groups in total. The average molecular weight is 447 g/mol. The first-order valence-corrected chi connectivity index (χ1v) is 11.8. The van der Waals surface area contributed by atoms with Crippen molar-refractivity contribution in [2.75, 3.05) is 21.5 Å². The van der Waals surface area contributed by atoms with E-state index < -0.39 is 10.0 Å². The minimum atomic E-state index is -3.33. The number of amides is 1. The van der Waals surface area contributed by atoms with Crippen LogP contribution in [0.25, 0.3) is 11.5 Å². The van der Waals surface area contributed by atoms with Gasteiger partial charge in [-0.05, 0) is 68.3 Å². The molecule has 0 aliphatic carbocycles. The van der Waals surface area contributed by atoms with Crippen LogP contribution in [0.15, 0.2) is 52.1 Å². The summed E-state index contributed by atoms with van der Waals surface area (Å²) >= 11 is 1.14. The molecule has 0 bridgehead atoms. The van der Waals surface area contributed by atoms with Crippen molar-refractivity contribution in [3.8, 4) is 11.5 Å². The molecule has 0 spiro atoms. The Morgan fingerprint density at radius 1 is 1.03 bits per heavy atom. The molecule has 0 aliphatic heterocycles. The van der Waals surface area contributed by atoms with Gasteiger partial charge in [0.1, 0.15) is 0 Å². The maximum Gasteiger partial charge on any atom is 0.277 e. The summed E-state index contributed by atoms with van der Waals surface area (Å²) in [5, 5.41) is 11.0. The number of nitrogens with one attached hydrogen (secondary N) is 2. The minimum absolute atomic E-state index is 0.00388. The van der Waals surface area contributed by atoms with E-state index >= 15 is 0 Å². The van der Waals surface area contributed by atoms with Crippen molar-refractivity contribution < 1.29 is 17.6 Å². The van der Waals surface area contributed by atoms with E-state index in [2.05, 4.69) is 20.2 Å². The predicted octanol–water partition coefficient (Wildman–Crippen LogP) is 3.85. The van der Waals surface area contributed by atoms with Gasteiger partial charge in [-0.25, -0.2) is 8.42 Å². The van der Waals surface area contributed by atoms with Gasteiger partial charge < -0.3 is 9.73 Å². The smallest absolute Gasteiger partial charge is 0.277 e. The maximum atomic E-state index is 12.2. The van der Waals surface area contributed by atoms with Gasteiger partial charge in [-0.15, -0.1) is 10.2 Å². The first kappa shape index (κ1) is 21.8. The molecule has 0 atom stereocenters. The molecule has 2 aromatic carbocycles. The zero-order valence-electron chi connectivity index (χ0n) is 16.8. The van der Waals surface area contributed by atoms with E-state index in [9.17, 15) is 13.2 Å². The summed E-state index contributed by atoms with van der Waals surface area (Å²) in [6.07, 6.45) is 0. The molecule has 1 heterocycles. The Balaban J connectivity index is 1.57. The van der Waals surface area contributed by atoms with Crippen molar-refractivity contribution in [1.82, 2.24) is 10.2 Å². The third-order valence-electron chi connectivity index (χ3n) is 4.31. The van der Waals surface area contributed by atoms with Gasteiger partial charge in [-0.3, -0.25) is 9.52 Å². The standard InChI is InChI=1S/C20H22N4O4S2/c1-4-30(26,27)24-16-9-6-15(7-10-16)19-22-23-20(28-19)29-12-18(25)21-17-8-5-13(2)14(3)11-17/h5-11,24H,4,12H2,1-3H3,(H,21,25). The van der Waals surface area contributed by atoms with Crippen LogP contribution in [0.3, 0.4) is 0 Å². The highest BCUT2D eigenvalue weighted by molar-refractivity contribution is 7.99. The summed E-state index contributed by atoms with van der Waals surface area (Å²) in [5.41, 5.74) is 4.12. The Bertz CT molecular complexity index is 1140. The number of thioether (sulfide) groups is 1. The Kier molecular flexibility index (Phi) is 6.78. The molecule has 1 amide bonds. The van der Waals surface area contributed by atoms with Crippen LogP contribution in [-0.2, 0) is 14.8 Å². The largest absolute Gasteiger partial charge is 0.411 e. The quantitative estimate of drug-likeness (QED) is 0.505. The molecule has 10 heteroatoms. The van der Waals surface area contributed by atoms with Crippen LogP contribution < -0.4 is 10.0 Å². The van der Waals surface area contributed by atoms with Gasteiger partial charge in [0, 0.05) is 16.9 Å². The molecule has 30 heavy (non-hydrogen) atoms. The third-order valence-corrected chi connectivity index (χ3v) is 6.43. The fourth-order valence-corrected chi connectivity index (χ4v) is 3.66. The molecular weight excluding hydrogens is 424 g/mol. The van der Waals surface area contributed by atoms with Crippen LogP contribution in [0.2, 0.25) is 0 Å². The Labute approximate surface area is 179 Å². The molecular formula is C20H22N4O4S2. The monoisotopic (exact) mass is 446 g/mol.